The lowest BCUT2D eigenvalue weighted by molar-refractivity contribution is 0.0766. The summed E-state index contributed by atoms with van der Waals surface area (Å²) < 4.78 is 0.934. The van der Waals surface area contributed by atoms with Gasteiger partial charge in [-0.25, -0.2) is 0 Å². The summed E-state index contributed by atoms with van der Waals surface area (Å²) in [5.41, 5.74) is 2.98. The van der Waals surface area contributed by atoms with E-state index in [0.29, 0.717) is 13.1 Å². The summed E-state index contributed by atoms with van der Waals surface area (Å²) in [6, 6.07) is 13.9. The van der Waals surface area contributed by atoms with Crippen LogP contribution in [0.25, 0.3) is 0 Å². The zero-order chi connectivity index (χ0) is 13.4. The number of carbonyl (C=O) groups is 1. The second kappa shape index (κ2) is 5.02. The van der Waals surface area contributed by atoms with Crippen molar-refractivity contribution >= 4 is 34.5 Å². The highest BCUT2D eigenvalue weighted by Crippen LogP contribution is 2.31. The van der Waals surface area contributed by atoms with Crippen LogP contribution in [-0.2, 0) is 13.1 Å². The summed E-state index contributed by atoms with van der Waals surface area (Å²) >= 11 is 7.80. The Labute approximate surface area is 126 Å². The van der Waals surface area contributed by atoms with Gasteiger partial charge in [0.1, 0.15) is 0 Å². The van der Waals surface area contributed by atoms with Gasteiger partial charge in [0.15, 0.2) is 0 Å². The fraction of sp³-hybridized carbons (Fsp3) is 0.133. The summed E-state index contributed by atoms with van der Waals surface area (Å²) in [6.45, 7) is 1.31. The highest BCUT2D eigenvalue weighted by Gasteiger charge is 2.27. The number of thiol groups is 1. The van der Waals surface area contributed by atoms with Crippen molar-refractivity contribution in [3.63, 3.8) is 0 Å². The Bertz CT molecular complexity index is 642. The van der Waals surface area contributed by atoms with Crippen LogP contribution in [0.1, 0.15) is 21.5 Å². The van der Waals surface area contributed by atoms with E-state index in [9.17, 15) is 4.79 Å². The minimum absolute atomic E-state index is 0.0849. The second-order valence-corrected chi connectivity index (χ2v) is 5.94. The predicted molar refractivity (Wildman–Crippen MR) is 81.4 cm³/mol. The molecule has 1 amide bonds. The molecular formula is C15H12BrNOS. The summed E-state index contributed by atoms with van der Waals surface area (Å²) in [6.07, 6.45) is 0. The van der Waals surface area contributed by atoms with Gasteiger partial charge in [0.2, 0.25) is 0 Å². The Morgan fingerprint density at radius 3 is 2.68 bits per heavy atom. The maximum absolute atomic E-state index is 12.3. The number of rotatable bonds is 2. The molecule has 0 saturated heterocycles. The second-order valence-electron chi connectivity index (χ2n) is 4.61. The number of carbonyl (C=O) groups excluding carboxylic acids is 1. The average Bonchev–Trinajstić information content (AvgIpc) is 2.69. The number of fused-ring (bicyclic) bond motifs is 1. The van der Waals surface area contributed by atoms with E-state index in [-0.39, 0.29) is 5.91 Å². The van der Waals surface area contributed by atoms with Crippen molar-refractivity contribution in [2.75, 3.05) is 0 Å². The maximum Gasteiger partial charge on any atom is 0.254 e. The van der Waals surface area contributed by atoms with Gasteiger partial charge >= 0.3 is 0 Å². The van der Waals surface area contributed by atoms with Crippen LogP contribution in [0.2, 0.25) is 0 Å². The molecule has 0 atom stereocenters. The SMILES string of the molecule is O=C1c2cc(S)c(Br)cc2CN1Cc1ccccc1. The van der Waals surface area contributed by atoms with E-state index >= 15 is 0 Å². The highest BCUT2D eigenvalue weighted by atomic mass is 79.9. The lowest BCUT2D eigenvalue weighted by atomic mass is 10.1. The van der Waals surface area contributed by atoms with E-state index in [0.717, 1.165) is 26.1 Å². The summed E-state index contributed by atoms with van der Waals surface area (Å²) in [4.78, 5) is 15.0. The maximum atomic E-state index is 12.3. The van der Waals surface area contributed by atoms with Gasteiger partial charge in [-0.3, -0.25) is 4.79 Å². The first-order valence-corrected chi connectivity index (χ1v) is 7.24. The molecule has 2 aromatic rings. The van der Waals surface area contributed by atoms with Crippen molar-refractivity contribution in [2.45, 2.75) is 18.0 Å². The first kappa shape index (κ1) is 12.8. The van der Waals surface area contributed by atoms with Crippen LogP contribution in [0.4, 0.5) is 0 Å². The van der Waals surface area contributed by atoms with Gasteiger partial charge in [0.05, 0.1) is 0 Å². The van der Waals surface area contributed by atoms with Crippen LogP contribution in [0, 0.1) is 0 Å². The van der Waals surface area contributed by atoms with Crippen LogP contribution in [0.5, 0.6) is 0 Å². The Morgan fingerprint density at radius 2 is 1.95 bits per heavy atom. The predicted octanol–water partition coefficient (Wildman–Crippen LogP) is 3.89. The molecule has 1 aliphatic heterocycles. The third kappa shape index (κ3) is 2.42. The summed E-state index contributed by atoms with van der Waals surface area (Å²) in [5.74, 6) is 0.0849. The van der Waals surface area contributed by atoms with E-state index in [4.69, 9.17) is 0 Å². The first-order valence-electron chi connectivity index (χ1n) is 6.00. The number of benzene rings is 2. The largest absolute Gasteiger partial charge is 0.330 e. The smallest absolute Gasteiger partial charge is 0.254 e. The van der Waals surface area contributed by atoms with Gasteiger partial charge in [-0.15, -0.1) is 12.6 Å². The molecule has 0 spiro atoms. The van der Waals surface area contributed by atoms with Crippen molar-refractivity contribution in [1.82, 2.24) is 4.90 Å². The average molecular weight is 334 g/mol. The molecule has 0 unspecified atom stereocenters. The fourth-order valence-corrected chi connectivity index (χ4v) is 2.90. The molecule has 4 heteroatoms. The fourth-order valence-electron chi connectivity index (χ4n) is 2.31. The molecule has 0 fully saturated rings. The van der Waals surface area contributed by atoms with Gasteiger partial charge < -0.3 is 4.90 Å². The van der Waals surface area contributed by atoms with Crippen LogP contribution in [-0.4, -0.2) is 10.8 Å². The lowest BCUT2D eigenvalue weighted by Crippen LogP contribution is -2.23. The first-order chi connectivity index (χ1) is 9.15. The van der Waals surface area contributed by atoms with Gasteiger partial charge in [-0.05, 0) is 39.2 Å². The quantitative estimate of drug-likeness (QED) is 0.826. The third-order valence-electron chi connectivity index (χ3n) is 3.27. The zero-order valence-electron chi connectivity index (χ0n) is 10.1. The normalized spacial score (nSPS) is 13.8. The van der Waals surface area contributed by atoms with Crippen LogP contribution >= 0.6 is 28.6 Å². The monoisotopic (exact) mass is 333 g/mol. The molecule has 96 valence electrons. The number of amides is 1. The van der Waals surface area contributed by atoms with Crippen LogP contribution in [0.3, 0.4) is 0 Å². The van der Waals surface area contributed by atoms with Gasteiger partial charge in [0, 0.05) is 28.0 Å². The van der Waals surface area contributed by atoms with E-state index in [1.807, 2.05) is 47.4 Å². The molecule has 19 heavy (non-hydrogen) atoms. The van der Waals surface area contributed by atoms with E-state index in [1.165, 1.54) is 0 Å². The van der Waals surface area contributed by atoms with Crippen molar-refractivity contribution in [2.24, 2.45) is 0 Å². The molecule has 0 aromatic heterocycles. The van der Waals surface area contributed by atoms with E-state index in [1.54, 1.807) is 0 Å². The summed E-state index contributed by atoms with van der Waals surface area (Å²) in [5, 5.41) is 0. The van der Waals surface area contributed by atoms with Gasteiger partial charge in [-0.2, -0.15) is 0 Å². The molecule has 0 N–H and O–H groups in total. The number of hydrogen-bond donors (Lipinski definition) is 1. The van der Waals surface area contributed by atoms with Gasteiger partial charge in [0.25, 0.3) is 5.91 Å². The third-order valence-corrected chi connectivity index (χ3v) is 4.60. The lowest BCUT2D eigenvalue weighted by Gasteiger charge is -2.15. The Kier molecular flexibility index (Phi) is 3.37. The molecule has 1 aliphatic rings. The number of hydrogen-bond acceptors (Lipinski definition) is 2. The van der Waals surface area contributed by atoms with Crippen LogP contribution in [0.15, 0.2) is 51.8 Å². The molecule has 0 bridgehead atoms. The minimum Gasteiger partial charge on any atom is -0.330 e. The molecule has 1 heterocycles. The highest BCUT2D eigenvalue weighted by molar-refractivity contribution is 9.10. The minimum atomic E-state index is 0.0849. The molecule has 3 rings (SSSR count). The number of halogens is 1. The van der Waals surface area contributed by atoms with Crippen LogP contribution < -0.4 is 0 Å². The van der Waals surface area contributed by atoms with Crippen molar-refractivity contribution in [1.29, 1.82) is 0 Å². The standard InChI is InChI=1S/C15H12BrNOS/c16-13-6-11-9-17(8-10-4-2-1-3-5-10)15(18)12(11)7-14(13)19/h1-7,19H,8-9H2. The molecule has 0 aliphatic carbocycles. The zero-order valence-corrected chi connectivity index (χ0v) is 12.6. The van der Waals surface area contributed by atoms with Gasteiger partial charge in [-0.1, -0.05) is 30.3 Å². The molecule has 0 saturated carbocycles. The topological polar surface area (TPSA) is 20.3 Å². The molecule has 2 aromatic carbocycles. The van der Waals surface area contributed by atoms with Crippen molar-refractivity contribution in [3.8, 4) is 0 Å². The molecular weight excluding hydrogens is 322 g/mol. The van der Waals surface area contributed by atoms with E-state index < -0.39 is 0 Å². The molecule has 0 radical (unpaired) electrons. The Hall–Kier alpha value is -1.26. The molecule has 2 nitrogen and oxygen atoms in total. The number of nitrogens with zero attached hydrogens (tertiary/aromatic N) is 1. The summed E-state index contributed by atoms with van der Waals surface area (Å²) in [7, 11) is 0. The van der Waals surface area contributed by atoms with E-state index in [2.05, 4.69) is 28.6 Å². The Balaban J connectivity index is 1.87. The van der Waals surface area contributed by atoms with Crippen molar-refractivity contribution < 1.29 is 4.79 Å². The van der Waals surface area contributed by atoms with Crippen molar-refractivity contribution in [3.05, 3.63) is 63.6 Å². The Morgan fingerprint density at radius 1 is 1.21 bits per heavy atom.